The molecule has 1 aliphatic heterocycles. The van der Waals surface area contributed by atoms with Crippen molar-refractivity contribution in [3.63, 3.8) is 0 Å². The minimum atomic E-state index is 0.0154. The van der Waals surface area contributed by atoms with Crippen molar-refractivity contribution in [2.24, 2.45) is 10.2 Å². The second-order valence-electron chi connectivity index (χ2n) is 7.31. The van der Waals surface area contributed by atoms with Gasteiger partial charge in [-0.15, -0.1) is 5.10 Å². The van der Waals surface area contributed by atoms with E-state index in [4.69, 9.17) is 0 Å². The number of fused-ring (bicyclic) bond motifs is 1. The number of carbonyl (C=O) groups excluding carboxylic acids is 1. The largest absolute Gasteiger partial charge is 0.354 e. The quantitative estimate of drug-likeness (QED) is 0.342. The summed E-state index contributed by atoms with van der Waals surface area (Å²) in [6, 6.07) is 26.2. The monoisotopic (exact) mass is 424 g/mol. The van der Waals surface area contributed by atoms with Crippen LogP contribution in [0.5, 0.6) is 0 Å². The highest BCUT2D eigenvalue weighted by Crippen LogP contribution is 2.30. The van der Waals surface area contributed by atoms with E-state index in [-0.39, 0.29) is 5.91 Å². The van der Waals surface area contributed by atoms with Crippen molar-refractivity contribution in [2.75, 3.05) is 10.7 Å². The number of aromatic amines is 1. The van der Waals surface area contributed by atoms with Crippen molar-refractivity contribution in [2.45, 2.75) is 6.92 Å². The molecule has 1 aromatic heterocycles. The van der Waals surface area contributed by atoms with Crippen molar-refractivity contribution < 1.29 is 4.79 Å². The van der Waals surface area contributed by atoms with Crippen molar-refractivity contribution in [1.29, 1.82) is 0 Å². The number of hydrogen-bond acceptors (Lipinski definition) is 4. The molecule has 6 heteroatoms. The fourth-order valence-corrected chi connectivity index (χ4v) is 4.55. The van der Waals surface area contributed by atoms with E-state index in [0.717, 1.165) is 39.0 Å². The van der Waals surface area contributed by atoms with Gasteiger partial charge in [-0.05, 0) is 36.2 Å². The maximum absolute atomic E-state index is 12.5. The Hall–Kier alpha value is -3.64. The summed E-state index contributed by atoms with van der Waals surface area (Å²) >= 11 is 1.41. The molecule has 5 rings (SSSR count). The minimum Gasteiger partial charge on any atom is -0.354 e. The van der Waals surface area contributed by atoms with Gasteiger partial charge in [0.1, 0.15) is 0 Å². The molecule has 1 aliphatic rings. The standard InChI is InChI=1S/C25H20N4OS/c1-17-8-7-11-19(14-17)29-23(30)16-31-25(29)28-26-15-21-20-12-5-6-13-22(20)27-24(21)18-9-3-2-4-10-18/h2-15,27H,16H2,1H3/b26-15-,28-25?. The number of H-pyrrole nitrogens is 1. The summed E-state index contributed by atoms with van der Waals surface area (Å²) in [5.41, 5.74) is 6.01. The lowest BCUT2D eigenvalue weighted by Crippen LogP contribution is -2.29. The summed E-state index contributed by atoms with van der Waals surface area (Å²) in [4.78, 5) is 17.6. The highest BCUT2D eigenvalue weighted by atomic mass is 32.2. The number of benzene rings is 3. The van der Waals surface area contributed by atoms with Crippen LogP contribution in [0.1, 0.15) is 11.1 Å². The smallest absolute Gasteiger partial charge is 0.243 e. The van der Waals surface area contributed by atoms with Gasteiger partial charge in [0.05, 0.1) is 23.3 Å². The Balaban J connectivity index is 1.53. The van der Waals surface area contributed by atoms with Gasteiger partial charge >= 0.3 is 0 Å². The van der Waals surface area contributed by atoms with Crippen LogP contribution < -0.4 is 4.90 Å². The Morgan fingerprint density at radius 1 is 1.00 bits per heavy atom. The first-order chi connectivity index (χ1) is 15.2. The highest BCUT2D eigenvalue weighted by Gasteiger charge is 2.29. The van der Waals surface area contributed by atoms with E-state index in [1.165, 1.54) is 11.8 Å². The number of amidine groups is 1. The number of para-hydroxylation sites is 1. The van der Waals surface area contributed by atoms with Gasteiger partial charge in [-0.3, -0.25) is 9.69 Å². The SMILES string of the molecule is Cc1cccc(N2C(=O)CSC2=N/N=C\c2c(-c3ccccc3)[nH]c3ccccc23)c1. The Kier molecular flexibility index (Phi) is 5.14. The lowest BCUT2D eigenvalue weighted by Gasteiger charge is -2.15. The van der Waals surface area contributed by atoms with Gasteiger partial charge < -0.3 is 4.98 Å². The van der Waals surface area contributed by atoms with E-state index in [9.17, 15) is 4.79 Å². The Morgan fingerprint density at radius 2 is 1.81 bits per heavy atom. The maximum atomic E-state index is 12.5. The summed E-state index contributed by atoms with van der Waals surface area (Å²) in [6.07, 6.45) is 1.77. The molecule has 1 amide bonds. The first-order valence-corrected chi connectivity index (χ1v) is 11.0. The van der Waals surface area contributed by atoms with Crippen LogP contribution in [0.2, 0.25) is 0 Å². The molecule has 0 spiro atoms. The van der Waals surface area contributed by atoms with Crippen LogP contribution in [0.3, 0.4) is 0 Å². The van der Waals surface area contributed by atoms with Gasteiger partial charge in [-0.1, -0.05) is 72.4 Å². The highest BCUT2D eigenvalue weighted by molar-refractivity contribution is 8.15. The minimum absolute atomic E-state index is 0.0154. The summed E-state index contributed by atoms with van der Waals surface area (Å²) in [6.45, 7) is 2.01. The number of aromatic nitrogens is 1. The molecule has 0 unspecified atom stereocenters. The van der Waals surface area contributed by atoms with Gasteiger partial charge in [0.15, 0.2) is 5.17 Å². The molecule has 0 atom stereocenters. The molecule has 0 radical (unpaired) electrons. The van der Waals surface area contributed by atoms with Crippen LogP contribution >= 0.6 is 11.8 Å². The van der Waals surface area contributed by atoms with Crippen LogP contribution in [0.4, 0.5) is 5.69 Å². The number of rotatable bonds is 4. The Bertz CT molecular complexity index is 1320. The van der Waals surface area contributed by atoms with E-state index in [0.29, 0.717) is 10.9 Å². The second kappa shape index (κ2) is 8.24. The third kappa shape index (κ3) is 3.78. The van der Waals surface area contributed by atoms with Crippen molar-refractivity contribution in [3.05, 3.63) is 90.0 Å². The lowest BCUT2D eigenvalue weighted by atomic mass is 10.1. The number of nitrogens with one attached hydrogen (secondary N) is 1. The molecule has 3 aromatic carbocycles. The van der Waals surface area contributed by atoms with Crippen LogP contribution in [0, 0.1) is 6.92 Å². The van der Waals surface area contributed by atoms with Crippen LogP contribution in [-0.2, 0) is 4.79 Å². The van der Waals surface area contributed by atoms with Gasteiger partial charge in [-0.25, -0.2) is 0 Å². The number of amides is 1. The molecule has 1 saturated heterocycles. The third-order valence-corrected chi connectivity index (χ3v) is 6.08. The first-order valence-electron chi connectivity index (χ1n) is 10.0. The van der Waals surface area contributed by atoms with Crippen molar-refractivity contribution in [3.8, 4) is 11.3 Å². The second-order valence-corrected chi connectivity index (χ2v) is 8.25. The summed E-state index contributed by atoms with van der Waals surface area (Å²) in [5.74, 6) is 0.381. The van der Waals surface area contributed by atoms with Crippen molar-refractivity contribution in [1.82, 2.24) is 4.98 Å². The average Bonchev–Trinajstić information content (AvgIpc) is 3.35. The molecule has 0 saturated carbocycles. The molecule has 0 bridgehead atoms. The zero-order chi connectivity index (χ0) is 21.2. The molecular weight excluding hydrogens is 404 g/mol. The molecule has 0 aliphatic carbocycles. The van der Waals surface area contributed by atoms with E-state index < -0.39 is 0 Å². The predicted molar refractivity (Wildman–Crippen MR) is 130 cm³/mol. The number of thioether (sulfide) groups is 1. The maximum Gasteiger partial charge on any atom is 0.243 e. The van der Waals surface area contributed by atoms with E-state index in [2.05, 4.69) is 39.5 Å². The molecule has 2 heterocycles. The number of aryl methyl sites for hydroxylation is 1. The first kappa shape index (κ1) is 19.3. The number of hydrogen-bond donors (Lipinski definition) is 1. The van der Waals surface area contributed by atoms with Crippen LogP contribution in [-0.4, -0.2) is 28.0 Å². The van der Waals surface area contributed by atoms with Crippen LogP contribution in [0.25, 0.3) is 22.2 Å². The fourth-order valence-electron chi connectivity index (χ4n) is 3.72. The zero-order valence-electron chi connectivity index (χ0n) is 16.9. The fraction of sp³-hybridized carbons (Fsp3) is 0.0800. The lowest BCUT2D eigenvalue weighted by molar-refractivity contribution is -0.115. The number of anilines is 1. The normalized spacial score (nSPS) is 15.6. The van der Waals surface area contributed by atoms with Crippen molar-refractivity contribution >= 4 is 45.6 Å². The molecule has 1 fully saturated rings. The summed E-state index contributed by atoms with van der Waals surface area (Å²) in [7, 11) is 0. The zero-order valence-corrected chi connectivity index (χ0v) is 17.8. The molecule has 4 aromatic rings. The Labute approximate surface area is 184 Å². The number of nitrogens with zero attached hydrogens (tertiary/aromatic N) is 3. The van der Waals surface area contributed by atoms with Gasteiger partial charge in [0.2, 0.25) is 5.91 Å². The molecule has 1 N–H and O–H groups in total. The number of carbonyl (C=O) groups is 1. The molecule has 5 nitrogen and oxygen atoms in total. The van der Waals surface area contributed by atoms with Crippen LogP contribution in [0.15, 0.2) is 89.1 Å². The summed E-state index contributed by atoms with van der Waals surface area (Å²) < 4.78 is 0. The van der Waals surface area contributed by atoms with Gasteiger partial charge in [0, 0.05) is 16.5 Å². The molecular formula is C25H20N4OS. The average molecular weight is 425 g/mol. The Morgan fingerprint density at radius 3 is 2.65 bits per heavy atom. The predicted octanol–water partition coefficient (Wildman–Crippen LogP) is 5.61. The van der Waals surface area contributed by atoms with E-state index >= 15 is 0 Å². The van der Waals surface area contributed by atoms with Gasteiger partial charge in [0.25, 0.3) is 0 Å². The van der Waals surface area contributed by atoms with Gasteiger partial charge in [-0.2, -0.15) is 5.10 Å². The summed E-state index contributed by atoms with van der Waals surface area (Å²) in [5, 5.41) is 10.5. The molecule has 152 valence electrons. The van der Waals surface area contributed by atoms with E-state index in [1.807, 2.05) is 61.5 Å². The molecule has 31 heavy (non-hydrogen) atoms. The third-order valence-electron chi connectivity index (χ3n) is 5.16. The van der Waals surface area contributed by atoms with E-state index in [1.54, 1.807) is 11.1 Å². The topological polar surface area (TPSA) is 60.8 Å².